The number of carbonyl (C=O) groups is 1. The topological polar surface area (TPSA) is 70.8 Å². The zero-order chi connectivity index (χ0) is 13.4. The van der Waals surface area contributed by atoms with Crippen LogP contribution in [0.2, 0.25) is 0 Å². The molecular weight excluding hydrogens is 234 g/mol. The zero-order valence-corrected chi connectivity index (χ0v) is 11.4. The van der Waals surface area contributed by atoms with Crippen molar-refractivity contribution in [2.24, 2.45) is 5.73 Å². The van der Waals surface area contributed by atoms with Crippen LogP contribution >= 0.6 is 0 Å². The molecule has 0 bridgehead atoms. The van der Waals surface area contributed by atoms with E-state index in [9.17, 15) is 4.79 Å². The minimum Gasteiger partial charge on any atom is -0.464 e. The highest BCUT2D eigenvalue weighted by Gasteiger charge is 2.37. The Labute approximate surface area is 109 Å². The second kappa shape index (κ2) is 7.71. The smallest absolute Gasteiger partial charge is 0.335 e. The molecule has 1 rings (SSSR count). The van der Waals surface area contributed by atoms with Crippen molar-refractivity contribution in [2.45, 2.75) is 51.2 Å². The molecule has 0 amide bonds. The SMILES string of the molecule is CCCC(OC1(CN)CCCOC1)C(=O)OCC. The Kier molecular flexibility index (Phi) is 6.60. The van der Waals surface area contributed by atoms with E-state index in [1.54, 1.807) is 6.92 Å². The number of hydrogen-bond donors (Lipinski definition) is 1. The lowest BCUT2D eigenvalue weighted by Gasteiger charge is -2.38. The number of carbonyl (C=O) groups excluding carboxylic acids is 1. The van der Waals surface area contributed by atoms with Crippen molar-refractivity contribution in [1.82, 2.24) is 0 Å². The van der Waals surface area contributed by atoms with E-state index in [0.717, 1.165) is 25.9 Å². The highest BCUT2D eigenvalue weighted by molar-refractivity contribution is 5.74. The molecule has 2 atom stereocenters. The molecule has 0 aromatic rings. The van der Waals surface area contributed by atoms with Crippen molar-refractivity contribution >= 4 is 5.97 Å². The van der Waals surface area contributed by atoms with Gasteiger partial charge in [-0.05, 0) is 26.2 Å². The summed E-state index contributed by atoms with van der Waals surface area (Å²) in [6, 6.07) is 0. The molecule has 18 heavy (non-hydrogen) atoms. The summed E-state index contributed by atoms with van der Waals surface area (Å²) in [5, 5.41) is 0. The summed E-state index contributed by atoms with van der Waals surface area (Å²) < 4.78 is 16.4. The number of esters is 1. The van der Waals surface area contributed by atoms with Gasteiger partial charge in [0.15, 0.2) is 6.10 Å². The van der Waals surface area contributed by atoms with E-state index in [2.05, 4.69) is 0 Å². The Morgan fingerprint density at radius 3 is 2.78 bits per heavy atom. The van der Waals surface area contributed by atoms with Gasteiger partial charge >= 0.3 is 5.97 Å². The molecule has 2 unspecified atom stereocenters. The van der Waals surface area contributed by atoms with Gasteiger partial charge in [0.1, 0.15) is 5.60 Å². The monoisotopic (exact) mass is 259 g/mol. The summed E-state index contributed by atoms with van der Waals surface area (Å²) in [7, 11) is 0. The van der Waals surface area contributed by atoms with Crippen molar-refractivity contribution in [3.63, 3.8) is 0 Å². The predicted molar refractivity (Wildman–Crippen MR) is 68.3 cm³/mol. The quantitative estimate of drug-likeness (QED) is 0.697. The third-order valence-electron chi connectivity index (χ3n) is 3.15. The first kappa shape index (κ1) is 15.4. The molecule has 0 saturated carbocycles. The Morgan fingerprint density at radius 2 is 2.28 bits per heavy atom. The highest BCUT2D eigenvalue weighted by Crippen LogP contribution is 2.25. The fraction of sp³-hybridized carbons (Fsp3) is 0.923. The van der Waals surface area contributed by atoms with Crippen LogP contribution in [0.25, 0.3) is 0 Å². The van der Waals surface area contributed by atoms with E-state index in [1.807, 2.05) is 6.92 Å². The molecule has 0 aromatic heterocycles. The Hall–Kier alpha value is -0.650. The van der Waals surface area contributed by atoms with Crippen LogP contribution in [0.4, 0.5) is 0 Å². The van der Waals surface area contributed by atoms with Gasteiger partial charge in [-0.1, -0.05) is 13.3 Å². The standard InChI is InChI=1S/C13H25NO4/c1-3-6-11(12(15)17-4-2)18-13(9-14)7-5-8-16-10-13/h11H,3-10,14H2,1-2H3. The molecule has 106 valence electrons. The van der Waals surface area contributed by atoms with Crippen molar-refractivity contribution < 1.29 is 19.0 Å². The van der Waals surface area contributed by atoms with Gasteiger partial charge in [0.25, 0.3) is 0 Å². The van der Waals surface area contributed by atoms with Crippen LogP contribution in [0.15, 0.2) is 0 Å². The van der Waals surface area contributed by atoms with E-state index in [4.69, 9.17) is 19.9 Å². The van der Waals surface area contributed by atoms with Crippen LogP contribution in [-0.4, -0.2) is 44.0 Å². The first-order valence-electron chi connectivity index (χ1n) is 6.79. The maximum Gasteiger partial charge on any atom is 0.335 e. The summed E-state index contributed by atoms with van der Waals surface area (Å²) in [6.45, 7) is 5.75. The summed E-state index contributed by atoms with van der Waals surface area (Å²) in [5.41, 5.74) is 5.28. The molecular formula is C13H25NO4. The normalized spacial score (nSPS) is 25.7. The Balaban J connectivity index is 2.64. The van der Waals surface area contributed by atoms with E-state index in [0.29, 0.717) is 26.2 Å². The van der Waals surface area contributed by atoms with E-state index in [1.165, 1.54) is 0 Å². The minimum atomic E-state index is -0.528. The fourth-order valence-corrected chi connectivity index (χ4v) is 2.15. The lowest BCUT2D eigenvalue weighted by molar-refractivity contribution is -0.185. The van der Waals surface area contributed by atoms with E-state index >= 15 is 0 Å². The third-order valence-corrected chi connectivity index (χ3v) is 3.15. The second-order valence-electron chi connectivity index (χ2n) is 4.69. The summed E-state index contributed by atoms with van der Waals surface area (Å²) in [4.78, 5) is 11.8. The second-order valence-corrected chi connectivity index (χ2v) is 4.69. The van der Waals surface area contributed by atoms with Crippen LogP contribution in [0, 0.1) is 0 Å². The minimum absolute atomic E-state index is 0.294. The molecule has 1 fully saturated rings. The van der Waals surface area contributed by atoms with Gasteiger partial charge in [-0.25, -0.2) is 4.79 Å². The molecule has 0 aliphatic carbocycles. The molecule has 1 aliphatic heterocycles. The molecule has 0 spiro atoms. The fourth-order valence-electron chi connectivity index (χ4n) is 2.15. The zero-order valence-electron chi connectivity index (χ0n) is 11.4. The number of ether oxygens (including phenoxy) is 3. The summed E-state index contributed by atoms with van der Waals surface area (Å²) >= 11 is 0. The highest BCUT2D eigenvalue weighted by atomic mass is 16.6. The van der Waals surface area contributed by atoms with Crippen LogP contribution < -0.4 is 5.73 Å². The van der Waals surface area contributed by atoms with Gasteiger partial charge < -0.3 is 19.9 Å². The van der Waals surface area contributed by atoms with Gasteiger partial charge in [0.2, 0.25) is 0 Å². The van der Waals surface area contributed by atoms with Crippen LogP contribution in [-0.2, 0) is 19.0 Å². The van der Waals surface area contributed by atoms with E-state index in [-0.39, 0.29) is 5.97 Å². The van der Waals surface area contributed by atoms with Crippen LogP contribution in [0.3, 0.4) is 0 Å². The molecule has 1 aliphatic rings. The van der Waals surface area contributed by atoms with Gasteiger partial charge in [-0.2, -0.15) is 0 Å². The largest absolute Gasteiger partial charge is 0.464 e. The van der Waals surface area contributed by atoms with Crippen LogP contribution in [0.1, 0.15) is 39.5 Å². The van der Waals surface area contributed by atoms with Crippen molar-refractivity contribution in [1.29, 1.82) is 0 Å². The van der Waals surface area contributed by atoms with Gasteiger partial charge in [0, 0.05) is 13.2 Å². The molecule has 1 saturated heterocycles. The maximum atomic E-state index is 11.8. The third kappa shape index (κ3) is 4.23. The molecule has 5 nitrogen and oxygen atoms in total. The number of nitrogens with two attached hydrogens (primary N) is 1. The molecule has 5 heteroatoms. The van der Waals surface area contributed by atoms with Gasteiger partial charge in [-0.3, -0.25) is 0 Å². The van der Waals surface area contributed by atoms with Crippen LogP contribution in [0.5, 0.6) is 0 Å². The summed E-state index contributed by atoms with van der Waals surface area (Å²) in [6.07, 6.45) is 2.74. The van der Waals surface area contributed by atoms with Crippen molar-refractivity contribution in [2.75, 3.05) is 26.4 Å². The number of hydrogen-bond acceptors (Lipinski definition) is 5. The number of rotatable bonds is 7. The average molecular weight is 259 g/mol. The molecule has 2 N–H and O–H groups in total. The van der Waals surface area contributed by atoms with Crippen molar-refractivity contribution in [3.05, 3.63) is 0 Å². The molecule has 0 aromatic carbocycles. The first-order valence-corrected chi connectivity index (χ1v) is 6.79. The molecule has 1 heterocycles. The lowest BCUT2D eigenvalue weighted by atomic mass is 9.96. The van der Waals surface area contributed by atoms with E-state index < -0.39 is 11.7 Å². The predicted octanol–water partition coefficient (Wildman–Crippen LogP) is 1.24. The van der Waals surface area contributed by atoms with Gasteiger partial charge in [-0.15, -0.1) is 0 Å². The van der Waals surface area contributed by atoms with Crippen molar-refractivity contribution in [3.8, 4) is 0 Å². The first-order chi connectivity index (χ1) is 8.67. The Morgan fingerprint density at radius 1 is 1.50 bits per heavy atom. The lowest BCUT2D eigenvalue weighted by Crippen LogP contribution is -2.51. The average Bonchev–Trinajstić information content (AvgIpc) is 2.39. The maximum absolute atomic E-state index is 11.8. The van der Waals surface area contributed by atoms with Gasteiger partial charge in [0.05, 0.1) is 13.2 Å². The molecule has 0 radical (unpaired) electrons. The summed E-state index contributed by atoms with van der Waals surface area (Å²) in [5.74, 6) is -0.294. The Bertz CT molecular complexity index is 251.